The number of nitrogens with zero attached hydrogens (tertiary/aromatic N) is 2. The molecule has 1 amide bonds. The number of ether oxygens (including phenoxy) is 2. The van der Waals surface area contributed by atoms with E-state index in [1.165, 1.54) is 0 Å². The molecule has 4 rings (SSSR count). The van der Waals surface area contributed by atoms with Gasteiger partial charge in [-0.1, -0.05) is 26.0 Å². The quantitative estimate of drug-likeness (QED) is 0.536. The molecule has 1 aliphatic rings. The van der Waals surface area contributed by atoms with Crippen LogP contribution in [0, 0.1) is 0 Å². The Kier molecular flexibility index (Phi) is 6.19. The van der Waals surface area contributed by atoms with Crippen LogP contribution in [0.1, 0.15) is 41.6 Å². The van der Waals surface area contributed by atoms with Crippen LogP contribution in [-0.4, -0.2) is 56.1 Å². The lowest BCUT2D eigenvalue weighted by Gasteiger charge is -2.28. The number of rotatable bonds is 8. The van der Waals surface area contributed by atoms with Gasteiger partial charge in [0.25, 0.3) is 5.91 Å². The molecule has 1 atom stereocenters. The number of likely N-dealkylation sites (N-methyl/N-ethyl adjacent to an activating group) is 1. The lowest BCUT2D eigenvalue weighted by molar-refractivity contribution is 0.0708. The molecule has 0 radical (unpaired) electrons. The first-order valence-corrected chi connectivity index (χ1v) is 10.8. The van der Waals surface area contributed by atoms with Crippen LogP contribution >= 0.6 is 0 Å². The molecule has 7 nitrogen and oxygen atoms in total. The highest BCUT2D eigenvalue weighted by Gasteiger charge is 2.42. The van der Waals surface area contributed by atoms with Crippen molar-refractivity contribution in [2.24, 2.45) is 0 Å². The molecular formula is C25H28N2O5. The minimum atomic E-state index is -0.536. The highest BCUT2D eigenvalue weighted by Crippen LogP contribution is 2.39. The molecule has 0 aliphatic carbocycles. The standard InChI is InChI=1S/C25H28N2O5/c1-5-26(6-2)12-13-27-22(16-8-7-9-17(14-16)30-3)21-23(28)19-11-10-18(31-4)15-20(19)32-24(21)25(27)29/h7-11,14-15,22H,5-6,12-13H2,1-4H3/t22-/m1/s1. The molecule has 0 unspecified atom stereocenters. The van der Waals surface area contributed by atoms with Crippen molar-refractivity contribution in [1.29, 1.82) is 0 Å². The summed E-state index contributed by atoms with van der Waals surface area (Å²) in [6.07, 6.45) is 0. The smallest absolute Gasteiger partial charge is 0.290 e. The largest absolute Gasteiger partial charge is 0.497 e. The maximum atomic E-state index is 13.6. The van der Waals surface area contributed by atoms with Gasteiger partial charge in [0.15, 0.2) is 5.43 Å². The molecule has 0 bridgehead atoms. The van der Waals surface area contributed by atoms with Crippen molar-refractivity contribution in [3.8, 4) is 11.5 Å². The Labute approximate surface area is 187 Å². The number of benzene rings is 2. The fraction of sp³-hybridized carbons (Fsp3) is 0.360. The molecule has 7 heteroatoms. The normalized spacial score (nSPS) is 15.5. The average molecular weight is 437 g/mol. The van der Waals surface area contributed by atoms with Gasteiger partial charge in [0.05, 0.1) is 31.2 Å². The molecule has 168 valence electrons. The van der Waals surface area contributed by atoms with Gasteiger partial charge in [-0.2, -0.15) is 0 Å². The van der Waals surface area contributed by atoms with Crippen LogP contribution in [0.2, 0.25) is 0 Å². The summed E-state index contributed by atoms with van der Waals surface area (Å²) in [5.41, 5.74) is 1.34. The van der Waals surface area contributed by atoms with Gasteiger partial charge in [-0.05, 0) is 42.9 Å². The summed E-state index contributed by atoms with van der Waals surface area (Å²) in [5, 5.41) is 0.427. The summed E-state index contributed by atoms with van der Waals surface area (Å²) < 4.78 is 16.7. The average Bonchev–Trinajstić information content (AvgIpc) is 3.11. The van der Waals surface area contributed by atoms with Gasteiger partial charge < -0.3 is 23.7 Å². The first-order valence-electron chi connectivity index (χ1n) is 10.8. The highest BCUT2D eigenvalue weighted by atomic mass is 16.5. The number of carbonyl (C=O) groups excluding carboxylic acids is 1. The van der Waals surface area contributed by atoms with Crippen LogP contribution in [0.4, 0.5) is 0 Å². The van der Waals surface area contributed by atoms with Crippen molar-refractivity contribution in [2.75, 3.05) is 40.4 Å². The molecule has 0 spiro atoms. The number of methoxy groups -OCH3 is 2. The third-order valence-electron chi connectivity index (χ3n) is 6.14. The minimum Gasteiger partial charge on any atom is -0.497 e. The van der Waals surface area contributed by atoms with E-state index in [9.17, 15) is 9.59 Å². The van der Waals surface area contributed by atoms with Crippen LogP contribution in [-0.2, 0) is 0 Å². The number of hydrogen-bond acceptors (Lipinski definition) is 6. The van der Waals surface area contributed by atoms with Crippen molar-refractivity contribution >= 4 is 16.9 Å². The maximum Gasteiger partial charge on any atom is 0.290 e. The maximum absolute atomic E-state index is 13.6. The summed E-state index contributed by atoms with van der Waals surface area (Å²) in [7, 11) is 3.14. The zero-order valence-corrected chi connectivity index (χ0v) is 18.9. The second kappa shape index (κ2) is 9.04. The summed E-state index contributed by atoms with van der Waals surface area (Å²) in [6.45, 7) is 7.14. The molecule has 32 heavy (non-hydrogen) atoms. The van der Waals surface area contributed by atoms with E-state index in [-0.39, 0.29) is 17.1 Å². The second-order valence-electron chi connectivity index (χ2n) is 7.74. The summed E-state index contributed by atoms with van der Waals surface area (Å²) in [4.78, 5) is 31.0. The molecule has 0 N–H and O–H groups in total. The van der Waals surface area contributed by atoms with Crippen molar-refractivity contribution in [3.05, 3.63) is 69.6 Å². The predicted molar refractivity (Wildman–Crippen MR) is 123 cm³/mol. The van der Waals surface area contributed by atoms with Crippen LogP contribution in [0.3, 0.4) is 0 Å². The van der Waals surface area contributed by atoms with Crippen molar-refractivity contribution in [1.82, 2.24) is 9.80 Å². The van der Waals surface area contributed by atoms with Crippen LogP contribution in [0.5, 0.6) is 11.5 Å². The molecule has 0 saturated carbocycles. The zero-order valence-electron chi connectivity index (χ0n) is 18.9. The van der Waals surface area contributed by atoms with E-state index in [1.54, 1.807) is 37.3 Å². The van der Waals surface area contributed by atoms with E-state index in [0.29, 0.717) is 41.1 Å². The fourth-order valence-electron chi connectivity index (χ4n) is 4.30. The van der Waals surface area contributed by atoms with Crippen molar-refractivity contribution in [3.63, 3.8) is 0 Å². The Morgan fingerprint density at radius 1 is 1.00 bits per heavy atom. The van der Waals surface area contributed by atoms with Gasteiger partial charge in [0.2, 0.25) is 5.76 Å². The van der Waals surface area contributed by atoms with Crippen molar-refractivity contribution in [2.45, 2.75) is 19.9 Å². The molecule has 2 aromatic carbocycles. The second-order valence-corrected chi connectivity index (χ2v) is 7.74. The van der Waals surface area contributed by atoms with Crippen molar-refractivity contribution < 1.29 is 18.7 Å². The SMILES string of the molecule is CCN(CC)CCN1C(=O)c2oc3cc(OC)ccc3c(=O)c2[C@H]1c1cccc(OC)c1. The fourth-order valence-corrected chi connectivity index (χ4v) is 4.30. The van der Waals surface area contributed by atoms with E-state index in [1.807, 2.05) is 24.3 Å². The Hall–Kier alpha value is -3.32. The topological polar surface area (TPSA) is 72.2 Å². The number of fused-ring (bicyclic) bond motifs is 2. The first kappa shape index (κ1) is 21.9. The number of carbonyl (C=O) groups is 1. The van der Waals surface area contributed by atoms with E-state index < -0.39 is 6.04 Å². The molecule has 1 aromatic heterocycles. The van der Waals surface area contributed by atoms with Gasteiger partial charge >= 0.3 is 0 Å². The van der Waals surface area contributed by atoms with Crippen LogP contribution < -0.4 is 14.9 Å². The van der Waals surface area contributed by atoms with E-state index in [4.69, 9.17) is 13.9 Å². The zero-order chi connectivity index (χ0) is 22.8. The van der Waals surface area contributed by atoms with Crippen LogP contribution in [0.15, 0.2) is 51.7 Å². The monoisotopic (exact) mass is 436 g/mol. The first-order chi connectivity index (χ1) is 15.5. The predicted octanol–water partition coefficient (Wildman–Crippen LogP) is 3.70. The van der Waals surface area contributed by atoms with E-state index in [2.05, 4.69) is 18.7 Å². The Morgan fingerprint density at radius 3 is 2.41 bits per heavy atom. The lowest BCUT2D eigenvalue weighted by atomic mass is 9.98. The lowest BCUT2D eigenvalue weighted by Crippen LogP contribution is -2.37. The third kappa shape index (κ3) is 3.73. The molecule has 1 aliphatic heterocycles. The number of amides is 1. The van der Waals surface area contributed by atoms with Gasteiger partial charge in [0, 0.05) is 19.2 Å². The van der Waals surface area contributed by atoms with E-state index in [0.717, 1.165) is 18.7 Å². The van der Waals surface area contributed by atoms with Gasteiger partial charge in [-0.3, -0.25) is 9.59 Å². The third-order valence-corrected chi connectivity index (χ3v) is 6.14. The molecular weight excluding hydrogens is 408 g/mol. The number of hydrogen-bond donors (Lipinski definition) is 0. The Balaban J connectivity index is 1.88. The summed E-state index contributed by atoms with van der Waals surface area (Å²) in [6, 6.07) is 12.0. The van der Waals surface area contributed by atoms with Gasteiger partial charge in [-0.15, -0.1) is 0 Å². The Bertz CT molecular complexity index is 1200. The van der Waals surface area contributed by atoms with E-state index >= 15 is 0 Å². The molecule has 0 fully saturated rings. The Morgan fingerprint density at radius 2 is 1.72 bits per heavy atom. The van der Waals surface area contributed by atoms with Gasteiger partial charge in [0.1, 0.15) is 17.1 Å². The molecule has 3 aromatic rings. The van der Waals surface area contributed by atoms with Crippen LogP contribution in [0.25, 0.3) is 11.0 Å². The summed E-state index contributed by atoms with van der Waals surface area (Å²) >= 11 is 0. The minimum absolute atomic E-state index is 0.100. The highest BCUT2D eigenvalue weighted by molar-refractivity contribution is 5.99. The summed E-state index contributed by atoms with van der Waals surface area (Å²) in [5.74, 6) is 1.06. The van der Waals surface area contributed by atoms with Gasteiger partial charge in [-0.25, -0.2) is 0 Å². The molecule has 2 heterocycles. The molecule has 0 saturated heterocycles.